The summed E-state index contributed by atoms with van der Waals surface area (Å²) in [6.45, 7) is 1.75. The Labute approximate surface area is 124 Å². The summed E-state index contributed by atoms with van der Waals surface area (Å²) < 4.78 is 14.1. The number of aryl methyl sites for hydroxylation is 1. The molecular weight excluding hydrogens is 325 g/mol. The predicted octanol–water partition coefficient (Wildman–Crippen LogP) is 4.13. The largest absolute Gasteiger partial charge is 0.479 e. The summed E-state index contributed by atoms with van der Waals surface area (Å²) in [4.78, 5) is 11.4. The molecule has 2 aromatic rings. The number of halogens is 2. The van der Waals surface area contributed by atoms with Crippen molar-refractivity contribution in [2.24, 2.45) is 0 Å². The number of anilines is 1. The zero-order valence-corrected chi connectivity index (χ0v) is 12.3. The second kappa shape index (κ2) is 6.05. The maximum absolute atomic E-state index is 13.4. The van der Waals surface area contributed by atoms with Crippen molar-refractivity contribution in [3.05, 3.63) is 63.9 Å². The Hall–Kier alpha value is -1.88. The fourth-order valence-corrected chi connectivity index (χ4v) is 2.38. The van der Waals surface area contributed by atoms with Crippen LogP contribution in [-0.4, -0.2) is 11.1 Å². The molecule has 0 aliphatic heterocycles. The van der Waals surface area contributed by atoms with Crippen molar-refractivity contribution in [1.82, 2.24) is 0 Å². The third kappa shape index (κ3) is 3.57. The Morgan fingerprint density at radius 3 is 2.65 bits per heavy atom. The lowest BCUT2D eigenvalue weighted by Crippen LogP contribution is -2.20. The quantitative estimate of drug-likeness (QED) is 0.881. The van der Waals surface area contributed by atoms with Gasteiger partial charge in [0.25, 0.3) is 0 Å². The van der Waals surface area contributed by atoms with Gasteiger partial charge < -0.3 is 10.4 Å². The minimum Gasteiger partial charge on any atom is -0.479 e. The van der Waals surface area contributed by atoms with Gasteiger partial charge in [0.15, 0.2) is 6.04 Å². The van der Waals surface area contributed by atoms with Gasteiger partial charge in [0.1, 0.15) is 5.82 Å². The fourth-order valence-electron chi connectivity index (χ4n) is 1.96. The molecule has 0 amide bonds. The van der Waals surface area contributed by atoms with Gasteiger partial charge in [0.05, 0.1) is 0 Å². The molecule has 0 heterocycles. The monoisotopic (exact) mass is 337 g/mol. The first kappa shape index (κ1) is 14.5. The summed E-state index contributed by atoms with van der Waals surface area (Å²) in [5.41, 5.74) is 1.76. The summed E-state index contributed by atoms with van der Waals surface area (Å²) in [6.07, 6.45) is 0. The molecule has 0 spiro atoms. The molecule has 0 radical (unpaired) electrons. The van der Waals surface area contributed by atoms with E-state index in [0.29, 0.717) is 11.3 Å². The molecule has 0 bridgehead atoms. The van der Waals surface area contributed by atoms with Gasteiger partial charge in [0.2, 0.25) is 0 Å². The molecule has 0 saturated heterocycles. The van der Waals surface area contributed by atoms with Crippen molar-refractivity contribution in [2.45, 2.75) is 13.0 Å². The molecule has 0 aromatic heterocycles. The zero-order valence-electron chi connectivity index (χ0n) is 10.7. The van der Waals surface area contributed by atoms with E-state index in [1.165, 1.54) is 12.1 Å². The first-order valence-corrected chi connectivity index (χ1v) is 6.77. The normalized spacial score (nSPS) is 11.9. The van der Waals surface area contributed by atoms with Crippen LogP contribution in [0.3, 0.4) is 0 Å². The number of benzene rings is 2. The van der Waals surface area contributed by atoms with Gasteiger partial charge in [-0.1, -0.05) is 28.1 Å². The van der Waals surface area contributed by atoms with Gasteiger partial charge in [-0.15, -0.1) is 0 Å². The van der Waals surface area contributed by atoms with Gasteiger partial charge in [0, 0.05) is 10.2 Å². The van der Waals surface area contributed by atoms with Crippen LogP contribution in [0.15, 0.2) is 46.9 Å². The van der Waals surface area contributed by atoms with E-state index in [9.17, 15) is 14.3 Å². The molecule has 0 fully saturated rings. The van der Waals surface area contributed by atoms with Crippen molar-refractivity contribution in [1.29, 1.82) is 0 Å². The van der Waals surface area contributed by atoms with Crippen LogP contribution >= 0.6 is 15.9 Å². The molecule has 1 atom stereocenters. The second-order valence-corrected chi connectivity index (χ2v) is 5.40. The number of rotatable bonds is 4. The van der Waals surface area contributed by atoms with E-state index in [2.05, 4.69) is 21.2 Å². The summed E-state index contributed by atoms with van der Waals surface area (Å²) in [7, 11) is 0. The number of carboxylic acids is 1. The smallest absolute Gasteiger partial charge is 0.330 e. The number of nitrogens with one attached hydrogen (secondary N) is 1. The Balaban J connectivity index is 2.33. The van der Waals surface area contributed by atoms with E-state index >= 15 is 0 Å². The predicted molar refractivity (Wildman–Crippen MR) is 79.3 cm³/mol. The van der Waals surface area contributed by atoms with Crippen LogP contribution in [0, 0.1) is 12.7 Å². The van der Waals surface area contributed by atoms with E-state index in [1.807, 2.05) is 6.07 Å². The third-order valence-electron chi connectivity index (χ3n) is 2.78. The Bertz CT molecular complexity index is 625. The van der Waals surface area contributed by atoms with E-state index in [1.54, 1.807) is 31.2 Å². The molecule has 5 heteroatoms. The highest BCUT2D eigenvalue weighted by Gasteiger charge is 2.20. The molecule has 104 valence electrons. The first-order chi connectivity index (χ1) is 9.45. The summed E-state index contributed by atoms with van der Waals surface area (Å²) in [6, 6.07) is 10.4. The first-order valence-electron chi connectivity index (χ1n) is 5.98. The molecule has 3 nitrogen and oxygen atoms in total. The van der Waals surface area contributed by atoms with Crippen molar-refractivity contribution in [3.8, 4) is 0 Å². The van der Waals surface area contributed by atoms with Gasteiger partial charge >= 0.3 is 5.97 Å². The molecule has 1 unspecified atom stereocenters. The van der Waals surface area contributed by atoms with E-state index < -0.39 is 17.8 Å². The van der Waals surface area contributed by atoms with E-state index in [4.69, 9.17) is 0 Å². The SMILES string of the molecule is Cc1cc(F)cc(NC(C(=O)O)c2cccc(Br)c2)c1. The van der Waals surface area contributed by atoms with Gasteiger partial charge in [-0.25, -0.2) is 9.18 Å². The fraction of sp³-hybridized carbons (Fsp3) is 0.133. The van der Waals surface area contributed by atoms with Crippen LogP contribution in [-0.2, 0) is 4.79 Å². The second-order valence-electron chi connectivity index (χ2n) is 4.49. The minimum absolute atomic E-state index is 0.397. The molecule has 0 saturated carbocycles. The Morgan fingerprint density at radius 1 is 1.30 bits per heavy atom. The lowest BCUT2D eigenvalue weighted by molar-refractivity contribution is -0.138. The highest BCUT2D eigenvalue weighted by molar-refractivity contribution is 9.10. The standard InChI is InChI=1S/C15H13BrFNO2/c1-9-5-12(17)8-13(6-9)18-14(15(19)20)10-3-2-4-11(16)7-10/h2-8,14,18H,1H3,(H,19,20). The van der Waals surface area contributed by atoms with Gasteiger partial charge in [-0.2, -0.15) is 0 Å². The number of carbonyl (C=O) groups is 1. The summed E-state index contributed by atoms with van der Waals surface area (Å²) in [5, 5.41) is 12.2. The minimum atomic E-state index is -1.02. The lowest BCUT2D eigenvalue weighted by atomic mass is 10.1. The topological polar surface area (TPSA) is 49.3 Å². The molecule has 2 rings (SSSR count). The van der Waals surface area contributed by atoms with Crippen LogP contribution in [0.1, 0.15) is 17.2 Å². The van der Waals surface area contributed by atoms with Crippen LogP contribution < -0.4 is 5.32 Å². The molecule has 0 aliphatic carbocycles. The molecule has 2 aromatic carbocycles. The van der Waals surface area contributed by atoms with Crippen LogP contribution in [0.4, 0.5) is 10.1 Å². The molecule has 0 aliphatic rings. The molecule has 2 N–H and O–H groups in total. The number of aliphatic carboxylic acids is 1. The zero-order chi connectivity index (χ0) is 14.7. The van der Waals surface area contributed by atoms with E-state index in [-0.39, 0.29) is 0 Å². The van der Waals surface area contributed by atoms with Crippen molar-refractivity contribution in [2.75, 3.05) is 5.32 Å². The van der Waals surface area contributed by atoms with Crippen LogP contribution in [0.2, 0.25) is 0 Å². The molecular formula is C15H13BrFNO2. The average Bonchev–Trinajstić information content (AvgIpc) is 2.34. The third-order valence-corrected chi connectivity index (χ3v) is 3.28. The number of hydrogen-bond donors (Lipinski definition) is 2. The maximum atomic E-state index is 13.4. The number of hydrogen-bond acceptors (Lipinski definition) is 2. The van der Waals surface area contributed by atoms with E-state index in [0.717, 1.165) is 10.0 Å². The Morgan fingerprint density at radius 2 is 2.05 bits per heavy atom. The number of carboxylic acid groups (broad SMARTS) is 1. The van der Waals surface area contributed by atoms with Crippen molar-refractivity contribution < 1.29 is 14.3 Å². The van der Waals surface area contributed by atoms with Gasteiger partial charge in [-0.3, -0.25) is 0 Å². The average molecular weight is 338 g/mol. The van der Waals surface area contributed by atoms with Crippen molar-refractivity contribution in [3.63, 3.8) is 0 Å². The van der Waals surface area contributed by atoms with Crippen LogP contribution in [0.25, 0.3) is 0 Å². The highest BCUT2D eigenvalue weighted by Crippen LogP contribution is 2.24. The lowest BCUT2D eigenvalue weighted by Gasteiger charge is -2.17. The van der Waals surface area contributed by atoms with Crippen molar-refractivity contribution >= 4 is 27.6 Å². The summed E-state index contributed by atoms with van der Waals surface area (Å²) >= 11 is 3.31. The van der Waals surface area contributed by atoms with Crippen LogP contribution in [0.5, 0.6) is 0 Å². The highest BCUT2D eigenvalue weighted by atomic mass is 79.9. The molecule has 20 heavy (non-hydrogen) atoms. The van der Waals surface area contributed by atoms with Gasteiger partial charge in [-0.05, 0) is 48.4 Å². The summed E-state index contributed by atoms with van der Waals surface area (Å²) in [5.74, 6) is -1.42. The Kier molecular flexibility index (Phi) is 4.39. The maximum Gasteiger partial charge on any atom is 0.330 e.